The molecule has 0 saturated carbocycles. The summed E-state index contributed by atoms with van der Waals surface area (Å²) in [6, 6.07) is 13.3. The van der Waals surface area contributed by atoms with Crippen LogP contribution in [0.3, 0.4) is 0 Å². The van der Waals surface area contributed by atoms with Crippen LogP contribution in [-0.4, -0.2) is 30.2 Å². The zero-order chi connectivity index (χ0) is 24.5. The molecule has 2 aromatic carbocycles. The van der Waals surface area contributed by atoms with Crippen LogP contribution >= 0.6 is 11.3 Å². The number of halogens is 1. The van der Waals surface area contributed by atoms with E-state index in [1.165, 1.54) is 46.6 Å². The number of esters is 1. The highest BCUT2D eigenvalue weighted by molar-refractivity contribution is 7.07. The molecular weight excluding hydrogens is 465 g/mol. The summed E-state index contributed by atoms with van der Waals surface area (Å²) in [5, 5.41) is 0. The number of ether oxygens (including phenoxy) is 1. The highest BCUT2D eigenvalue weighted by Gasteiger charge is 2.33. The van der Waals surface area contributed by atoms with E-state index in [4.69, 9.17) is 4.74 Å². The molecule has 1 aromatic heterocycles. The highest BCUT2D eigenvalue weighted by atomic mass is 32.1. The summed E-state index contributed by atoms with van der Waals surface area (Å²) in [7, 11) is 0. The molecule has 2 aliphatic rings. The fraction of sp³-hybridized carbons (Fsp3) is 0.296. The van der Waals surface area contributed by atoms with Crippen molar-refractivity contribution in [2.75, 3.05) is 24.6 Å². The van der Waals surface area contributed by atoms with Gasteiger partial charge < -0.3 is 9.64 Å². The fourth-order valence-corrected chi connectivity index (χ4v) is 5.71. The largest absolute Gasteiger partial charge is 0.463 e. The molecule has 8 heteroatoms. The number of allylic oxidation sites excluding steroid dienone is 1. The summed E-state index contributed by atoms with van der Waals surface area (Å²) < 4.78 is 21.0. The molecule has 2 aliphatic heterocycles. The fourth-order valence-electron chi connectivity index (χ4n) is 4.66. The van der Waals surface area contributed by atoms with Gasteiger partial charge in [-0.3, -0.25) is 9.36 Å². The van der Waals surface area contributed by atoms with Crippen LogP contribution in [0, 0.1) is 5.82 Å². The minimum Gasteiger partial charge on any atom is -0.463 e. The van der Waals surface area contributed by atoms with E-state index in [9.17, 15) is 14.0 Å². The number of aromatic nitrogens is 1. The molecule has 0 unspecified atom stereocenters. The molecule has 0 spiro atoms. The average Bonchev–Trinajstić information content (AvgIpc) is 3.48. The molecule has 0 amide bonds. The van der Waals surface area contributed by atoms with Crippen molar-refractivity contribution in [3.05, 3.63) is 96.4 Å². The number of carbonyl (C=O) groups is 1. The number of anilines is 1. The maximum absolute atomic E-state index is 13.7. The first-order valence-corrected chi connectivity index (χ1v) is 12.6. The van der Waals surface area contributed by atoms with Gasteiger partial charge in [0.1, 0.15) is 5.82 Å². The van der Waals surface area contributed by atoms with Gasteiger partial charge in [-0.15, -0.1) is 0 Å². The summed E-state index contributed by atoms with van der Waals surface area (Å²) in [5.41, 5.74) is 3.24. The van der Waals surface area contributed by atoms with Gasteiger partial charge in [0.2, 0.25) is 0 Å². The third kappa shape index (κ3) is 4.46. The molecule has 1 fully saturated rings. The Morgan fingerprint density at radius 2 is 1.83 bits per heavy atom. The SMILES string of the molecule is CCOC(=O)C1=C(C)N=c2s/c(=C/c3ccc(N4CCCC4)cc3)c(=O)n2[C@@H]1c1ccc(F)cc1. The molecule has 180 valence electrons. The molecule has 3 aromatic rings. The topological polar surface area (TPSA) is 63.9 Å². The number of benzene rings is 2. The standard InChI is InChI=1S/C27H26FN3O3S/c1-3-34-26(33)23-17(2)29-27-31(24(23)19-8-10-20(28)11-9-19)25(32)22(35-27)16-18-6-12-21(13-7-18)30-14-4-5-15-30/h6-13,16,24H,3-5,14-15H2,1-2H3/b22-16+/t24-/m1/s1. The maximum Gasteiger partial charge on any atom is 0.338 e. The molecule has 0 N–H and O–H groups in total. The van der Waals surface area contributed by atoms with Crippen LogP contribution in [0.1, 0.15) is 43.9 Å². The molecule has 0 bridgehead atoms. The maximum atomic E-state index is 13.7. The van der Waals surface area contributed by atoms with Crippen LogP contribution in [0.25, 0.3) is 6.08 Å². The molecule has 35 heavy (non-hydrogen) atoms. The van der Waals surface area contributed by atoms with Gasteiger partial charge in [-0.2, -0.15) is 0 Å². The number of carbonyl (C=O) groups excluding carboxylic acids is 1. The first kappa shape index (κ1) is 23.2. The van der Waals surface area contributed by atoms with Crippen LogP contribution in [0.4, 0.5) is 10.1 Å². The zero-order valence-corrected chi connectivity index (χ0v) is 20.5. The lowest BCUT2D eigenvalue weighted by Gasteiger charge is -2.24. The number of fused-ring (bicyclic) bond motifs is 1. The Bertz CT molecular complexity index is 1460. The monoisotopic (exact) mass is 491 g/mol. The second-order valence-electron chi connectivity index (χ2n) is 8.64. The first-order valence-electron chi connectivity index (χ1n) is 11.8. The zero-order valence-electron chi connectivity index (χ0n) is 19.7. The van der Waals surface area contributed by atoms with Crippen molar-refractivity contribution in [1.82, 2.24) is 4.57 Å². The summed E-state index contributed by atoms with van der Waals surface area (Å²) in [6.45, 7) is 5.80. The minimum absolute atomic E-state index is 0.198. The van der Waals surface area contributed by atoms with Crippen molar-refractivity contribution in [3.8, 4) is 0 Å². The first-order chi connectivity index (χ1) is 17.0. The lowest BCUT2D eigenvalue weighted by Crippen LogP contribution is -2.39. The predicted molar refractivity (Wildman–Crippen MR) is 135 cm³/mol. The molecule has 6 nitrogen and oxygen atoms in total. The van der Waals surface area contributed by atoms with Gasteiger partial charge in [0.05, 0.1) is 28.5 Å². The molecular formula is C27H26FN3O3S. The van der Waals surface area contributed by atoms with E-state index >= 15 is 0 Å². The Hall–Kier alpha value is -3.52. The number of rotatable bonds is 5. The predicted octanol–water partition coefficient (Wildman–Crippen LogP) is 3.54. The van der Waals surface area contributed by atoms with Gasteiger partial charge >= 0.3 is 5.97 Å². The number of hydrogen-bond donors (Lipinski definition) is 0. The average molecular weight is 492 g/mol. The Labute approximate surface area is 206 Å². The third-order valence-corrected chi connectivity index (χ3v) is 7.35. The van der Waals surface area contributed by atoms with Crippen LogP contribution in [-0.2, 0) is 9.53 Å². The second-order valence-corrected chi connectivity index (χ2v) is 9.65. The Morgan fingerprint density at radius 3 is 2.49 bits per heavy atom. The lowest BCUT2D eigenvalue weighted by atomic mass is 9.96. The van der Waals surface area contributed by atoms with Crippen molar-refractivity contribution in [1.29, 1.82) is 0 Å². The van der Waals surface area contributed by atoms with E-state index in [1.807, 2.05) is 18.2 Å². The van der Waals surface area contributed by atoms with Gasteiger partial charge in [0, 0.05) is 18.8 Å². The number of nitrogens with zero attached hydrogens (tertiary/aromatic N) is 3. The molecule has 5 rings (SSSR count). The van der Waals surface area contributed by atoms with Crippen LogP contribution in [0.5, 0.6) is 0 Å². The minimum atomic E-state index is -0.745. The molecule has 1 atom stereocenters. The lowest BCUT2D eigenvalue weighted by molar-refractivity contribution is -0.139. The van der Waals surface area contributed by atoms with Crippen molar-refractivity contribution >= 4 is 29.1 Å². The normalized spacial score (nSPS) is 18.0. The Morgan fingerprint density at radius 1 is 1.14 bits per heavy atom. The van der Waals surface area contributed by atoms with Crippen LogP contribution < -0.4 is 19.8 Å². The van der Waals surface area contributed by atoms with Gasteiger partial charge in [0.25, 0.3) is 5.56 Å². The second kappa shape index (κ2) is 9.62. The summed E-state index contributed by atoms with van der Waals surface area (Å²) in [6.07, 6.45) is 4.28. The van der Waals surface area contributed by atoms with Crippen molar-refractivity contribution in [2.24, 2.45) is 4.99 Å². The quantitative estimate of drug-likeness (QED) is 0.513. The number of thiazole rings is 1. The van der Waals surface area contributed by atoms with E-state index in [-0.39, 0.29) is 17.7 Å². The van der Waals surface area contributed by atoms with E-state index in [1.54, 1.807) is 26.0 Å². The van der Waals surface area contributed by atoms with E-state index in [0.717, 1.165) is 18.7 Å². The third-order valence-electron chi connectivity index (χ3n) is 6.36. The van der Waals surface area contributed by atoms with Crippen molar-refractivity contribution in [3.63, 3.8) is 0 Å². The van der Waals surface area contributed by atoms with Crippen molar-refractivity contribution in [2.45, 2.75) is 32.7 Å². The molecule has 0 aliphatic carbocycles. The number of hydrogen-bond acceptors (Lipinski definition) is 6. The Kier molecular flexibility index (Phi) is 6.38. The van der Waals surface area contributed by atoms with Gasteiger partial charge in [-0.25, -0.2) is 14.2 Å². The smallest absolute Gasteiger partial charge is 0.338 e. The molecule has 0 radical (unpaired) electrons. The van der Waals surface area contributed by atoms with Crippen LogP contribution in [0.2, 0.25) is 0 Å². The Balaban J connectivity index is 1.60. The van der Waals surface area contributed by atoms with Crippen molar-refractivity contribution < 1.29 is 13.9 Å². The van der Waals surface area contributed by atoms with Gasteiger partial charge in [-0.05, 0) is 68.2 Å². The summed E-state index contributed by atoms with van der Waals surface area (Å²) >= 11 is 1.28. The van der Waals surface area contributed by atoms with E-state index < -0.39 is 17.8 Å². The van der Waals surface area contributed by atoms with Gasteiger partial charge in [-0.1, -0.05) is 35.6 Å². The van der Waals surface area contributed by atoms with E-state index in [0.29, 0.717) is 20.6 Å². The summed E-state index contributed by atoms with van der Waals surface area (Å²) in [4.78, 5) is 33.9. The van der Waals surface area contributed by atoms with Crippen LogP contribution in [0.15, 0.2) is 69.6 Å². The van der Waals surface area contributed by atoms with Gasteiger partial charge in [0.15, 0.2) is 4.80 Å². The molecule has 1 saturated heterocycles. The molecule has 3 heterocycles. The van der Waals surface area contributed by atoms with E-state index in [2.05, 4.69) is 22.0 Å². The highest BCUT2D eigenvalue weighted by Crippen LogP contribution is 2.30. The summed E-state index contributed by atoms with van der Waals surface area (Å²) in [5.74, 6) is -0.924.